The van der Waals surface area contributed by atoms with E-state index in [-0.39, 0.29) is 0 Å². The molecule has 55 heteroatoms. The zero-order chi connectivity index (χ0) is 90.5. The predicted octanol–water partition coefficient (Wildman–Crippen LogP) is -22.2. The van der Waals surface area contributed by atoms with Crippen LogP contribution in [0.3, 0.4) is 0 Å². The molecule has 0 aromatic heterocycles. The van der Waals surface area contributed by atoms with Crippen LogP contribution in [0, 0.1) is 0 Å². The van der Waals surface area contributed by atoms with Crippen molar-refractivity contribution in [1.29, 1.82) is 0 Å². The fraction of sp³-hybridized carbons (Fsp3) is 0.941. The number of aliphatic hydroxyl groups excluding tert-OH is 28. The van der Waals surface area contributed by atoms with Gasteiger partial charge < -0.3 is 254 Å². The summed E-state index contributed by atoms with van der Waals surface area (Å²) < 4.78 is 114. The molecule has 0 radical (unpaired) electrons. The lowest BCUT2D eigenvalue weighted by atomic mass is 9.93. The fourth-order valence-corrected chi connectivity index (χ4v) is 15.8. The molecule has 123 heavy (non-hydrogen) atoms. The molecule has 4 amide bonds. The summed E-state index contributed by atoms with van der Waals surface area (Å²) in [6.45, 7) is -7.65. The van der Waals surface area contributed by atoms with Crippen LogP contribution >= 0.6 is 0 Å². The summed E-state index contributed by atoms with van der Waals surface area (Å²) in [6, 6.07) is -7.70. The molecule has 10 fully saturated rings. The highest BCUT2D eigenvalue weighted by atomic mass is 16.8. The standard InChI is InChI=1S/C68H114N4O51/c1-15(80)69-29-42(93)53(24(10-78)108-59(29)104)118-62-32(72-18(4)83)43(94)54(25(11-79)114-62)119-68-52(103)58(123-67-51(102)57(121-61-31(71-17(3)82)41(92)34(85)20(6-74)110-61)39(90)27(116-67)13-106-64-48(99)45(96)36(87)22(8-76)112-64)55(120-60-30(70-16(2)81)40(91)33(84)19(5-73)109-60)28(117-68)14-107-65-50(101)56(122-66-49(100)46(97)37(88)23(9-77)113-66)38(89)26(115-65)12-105-63-47(98)44(95)35(86)21(7-75)111-63/h19-68,73-79,84-104H,5-14H2,1-4H3,(H,69,80)(H,70,81)(H,71,82)(H,72,83)/t19-,20-,21-,22-,23-,24-,25-,26-,27-,28-,29-,30-,31-,32-,33-,34-,35-,36-,37-,38-,39-,40-,41-,42-,43-,44+,45+,46+,47+,48+,49+,50+,51+,52+,53-,54-,55-,56+,57+,58-,59?,60?,61?,62+,63+,64+,65+,66-,67-,68+/m1/s1. The van der Waals surface area contributed by atoms with Gasteiger partial charge in [-0.2, -0.15) is 0 Å². The number of amides is 4. The first kappa shape index (κ1) is 101. The number of nitrogens with one attached hydrogen (secondary N) is 4. The molecule has 0 aromatic rings. The van der Waals surface area contributed by atoms with Crippen molar-refractivity contribution in [2.24, 2.45) is 0 Å². The van der Waals surface area contributed by atoms with Gasteiger partial charge in [-0.15, -0.1) is 0 Å². The molecule has 10 heterocycles. The molecule has 10 aliphatic rings. The molecule has 10 rings (SSSR count). The number of aliphatic hydroxyl groups is 28. The maximum absolute atomic E-state index is 13.3. The highest BCUT2D eigenvalue weighted by Crippen LogP contribution is 2.41. The van der Waals surface area contributed by atoms with E-state index >= 15 is 0 Å². The van der Waals surface area contributed by atoms with Crippen LogP contribution in [0.2, 0.25) is 0 Å². The van der Waals surface area contributed by atoms with E-state index in [9.17, 15) is 162 Å². The third-order valence-electron chi connectivity index (χ3n) is 22.4. The first-order valence-corrected chi connectivity index (χ1v) is 39.1. The van der Waals surface area contributed by atoms with E-state index in [1.165, 1.54) is 0 Å². The third-order valence-corrected chi connectivity index (χ3v) is 22.4. The second-order valence-corrected chi connectivity index (χ2v) is 31.1. The molecule has 3 unspecified atom stereocenters. The number of carbonyl (C=O) groups is 4. The Balaban J connectivity index is 1.10. The summed E-state index contributed by atoms with van der Waals surface area (Å²) in [4.78, 5) is 51.4. The van der Waals surface area contributed by atoms with Gasteiger partial charge in [0.25, 0.3) is 0 Å². The van der Waals surface area contributed by atoms with Crippen molar-refractivity contribution in [1.82, 2.24) is 21.3 Å². The van der Waals surface area contributed by atoms with Crippen LogP contribution in [-0.2, 0) is 109 Å². The molecule has 0 aromatic carbocycles. The van der Waals surface area contributed by atoms with E-state index in [1.807, 2.05) is 0 Å². The van der Waals surface area contributed by atoms with Crippen molar-refractivity contribution in [3.63, 3.8) is 0 Å². The van der Waals surface area contributed by atoms with Crippen molar-refractivity contribution >= 4 is 23.6 Å². The molecule has 0 spiro atoms. The Morgan fingerprint density at radius 3 is 0.846 bits per heavy atom. The van der Waals surface area contributed by atoms with Crippen molar-refractivity contribution in [2.45, 2.75) is 335 Å². The quantitative estimate of drug-likeness (QED) is 0.0297. The van der Waals surface area contributed by atoms with E-state index < -0.39 is 397 Å². The topological polar surface area (TPSA) is 858 Å². The summed E-state index contributed by atoms with van der Waals surface area (Å²) in [5.74, 6) is -3.79. The zero-order valence-corrected chi connectivity index (χ0v) is 65.9. The minimum Gasteiger partial charge on any atom is -0.394 e. The Kier molecular flexibility index (Phi) is 36.4. The van der Waals surface area contributed by atoms with Crippen molar-refractivity contribution < 1.29 is 252 Å². The van der Waals surface area contributed by atoms with Crippen LogP contribution in [0.1, 0.15) is 27.7 Å². The molecule has 0 saturated carbocycles. The molecule has 10 aliphatic heterocycles. The molecule has 55 nitrogen and oxygen atoms in total. The number of hydrogen-bond donors (Lipinski definition) is 32. The molecular weight excluding hydrogens is 1690 g/mol. The van der Waals surface area contributed by atoms with Gasteiger partial charge in [0, 0.05) is 27.7 Å². The largest absolute Gasteiger partial charge is 0.394 e. The van der Waals surface area contributed by atoms with Gasteiger partial charge in [0.05, 0.1) is 66.1 Å². The summed E-state index contributed by atoms with van der Waals surface area (Å²) in [7, 11) is 0. The summed E-state index contributed by atoms with van der Waals surface area (Å²) >= 11 is 0. The number of hydrogen-bond acceptors (Lipinski definition) is 51. The summed E-state index contributed by atoms with van der Waals surface area (Å²) in [5, 5.41) is 323. The van der Waals surface area contributed by atoms with Gasteiger partial charge in [-0.3, -0.25) is 19.2 Å². The normalized spacial score (nSPS) is 49.4. The van der Waals surface area contributed by atoms with Gasteiger partial charge in [-0.1, -0.05) is 0 Å². The summed E-state index contributed by atoms with van der Waals surface area (Å²) in [5.41, 5.74) is 0. The van der Waals surface area contributed by atoms with Crippen LogP contribution in [0.15, 0.2) is 0 Å². The van der Waals surface area contributed by atoms with Crippen molar-refractivity contribution in [2.75, 3.05) is 66.1 Å². The Morgan fingerprint density at radius 2 is 0.447 bits per heavy atom. The zero-order valence-electron chi connectivity index (χ0n) is 65.9. The molecule has 32 N–H and O–H groups in total. The van der Waals surface area contributed by atoms with Crippen LogP contribution in [0.5, 0.6) is 0 Å². The Morgan fingerprint density at radius 1 is 0.211 bits per heavy atom. The molecule has 50 atom stereocenters. The molecular formula is C68H114N4O51. The number of ether oxygens (including phenoxy) is 19. The highest BCUT2D eigenvalue weighted by molar-refractivity contribution is 5.74. The average molecular weight is 1800 g/mol. The Bertz CT molecular complexity index is 3310. The maximum Gasteiger partial charge on any atom is 0.217 e. The van der Waals surface area contributed by atoms with Gasteiger partial charge in [0.2, 0.25) is 23.6 Å². The number of carbonyl (C=O) groups excluding carboxylic acids is 4. The molecule has 0 bridgehead atoms. The highest BCUT2D eigenvalue weighted by Gasteiger charge is 2.62. The Hall–Kier alpha value is -4.00. The minimum atomic E-state index is -2.79. The number of rotatable bonds is 32. The van der Waals surface area contributed by atoms with E-state index in [4.69, 9.17) is 90.0 Å². The van der Waals surface area contributed by atoms with E-state index in [0.717, 1.165) is 27.7 Å². The van der Waals surface area contributed by atoms with Crippen LogP contribution in [-0.4, -0.2) is 539 Å². The van der Waals surface area contributed by atoms with Crippen molar-refractivity contribution in [3.05, 3.63) is 0 Å². The lowest BCUT2D eigenvalue weighted by molar-refractivity contribution is -0.405. The molecule has 712 valence electrons. The lowest BCUT2D eigenvalue weighted by Crippen LogP contribution is -2.71. The first-order valence-electron chi connectivity index (χ1n) is 39.1. The SMILES string of the molecule is CC(=O)N[C@H]1[C@H](O[C@H]2[C@H](O)[C@@H](NC(C)=O)C(O)O[C@@H]2CO)O[C@H](CO)[C@@H](O[C@@H]2O[C@H](CO[C@H]3O[C@H](CO[C@H]4O[C@H](CO)[C@@H](O)[C@H](O)[C@@H]4O)[C@@H](O)[C@H](O[C@H]4O[C@H](CO)[C@@H](O)[C@H](O)[C@@H]4O)[C@@H]3O)[C@@H](OC3O[C@H](CO)[C@@H](O)[C@H](O)[C@H]3NC(C)=O)[C@H](O[C@H]3O[C@H](CO[C@H]4O[C@H](CO)[C@@H](O)[C@H](O)[C@@H]4O)[C@@H](O)[C@H](OC4O[C@H](CO)[C@@H](O)[C@H](O)[C@H]4NC(C)=O)[C@@H]3O)[C@@H]2O)[C@@H]1O. The van der Waals surface area contributed by atoms with Gasteiger partial charge in [-0.25, -0.2) is 0 Å². The Labute approximate surface area is 695 Å². The van der Waals surface area contributed by atoms with E-state index in [2.05, 4.69) is 21.3 Å². The van der Waals surface area contributed by atoms with E-state index in [0.29, 0.717) is 0 Å². The van der Waals surface area contributed by atoms with Crippen LogP contribution < -0.4 is 21.3 Å². The smallest absolute Gasteiger partial charge is 0.217 e. The van der Waals surface area contributed by atoms with Crippen LogP contribution in [0.4, 0.5) is 0 Å². The lowest BCUT2D eigenvalue weighted by Gasteiger charge is -2.52. The minimum absolute atomic E-state index is 0.826. The summed E-state index contributed by atoms with van der Waals surface area (Å²) in [6.07, 6.45) is -101. The molecule has 10 saturated heterocycles. The average Bonchev–Trinajstić information content (AvgIpc) is 0.756. The second kappa shape index (κ2) is 44.3. The monoisotopic (exact) mass is 1800 g/mol. The predicted molar refractivity (Wildman–Crippen MR) is 376 cm³/mol. The van der Waals surface area contributed by atoms with Gasteiger partial charge in [-0.05, 0) is 0 Å². The van der Waals surface area contributed by atoms with E-state index in [1.54, 1.807) is 0 Å². The van der Waals surface area contributed by atoms with Gasteiger partial charge in [0.15, 0.2) is 62.9 Å². The first-order chi connectivity index (χ1) is 58.2. The van der Waals surface area contributed by atoms with Crippen molar-refractivity contribution in [3.8, 4) is 0 Å². The molecule has 0 aliphatic carbocycles. The van der Waals surface area contributed by atoms with Gasteiger partial charge in [0.1, 0.15) is 244 Å². The maximum atomic E-state index is 13.3. The van der Waals surface area contributed by atoms with Crippen LogP contribution in [0.25, 0.3) is 0 Å². The second-order valence-electron chi connectivity index (χ2n) is 31.1. The third kappa shape index (κ3) is 22.6. The fourth-order valence-electron chi connectivity index (χ4n) is 15.8. The van der Waals surface area contributed by atoms with Gasteiger partial charge >= 0.3 is 0 Å².